The second-order valence-electron chi connectivity index (χ2n) is 14.3. The zero-order valence-corrected chi connectivity index (χ0v) is 25.5. The summed E-state index contributed by atoms with van der Waals surface area (Å²) in [5.41, 5.74) is 3.66. The van der Waals surface area contributed by atoms with Crippen molar-refractivity contribution in [3.05, 3.63) is 65.2 Å². The number of ether oxygens (including phenoxy) is 2. The van der Waals surface area contributed by atoms with Crippen LogP contribution < -0.4 is 10.6 Å². The van der Waals surface area contributed by atoms with Crippen LogP contribution in [-0.4, -0.2) is 47.3 Å². The van der Waals surface area contributed by atoms with Gasteiger partial charge in [-0.2, -0.15) is 0 Å². The second-order valence-corrected chi connectivity index (χ2v) is 14.3. The zero-order chi connectivity index (χ0) is 29.2. The molecule has 7 nitrogen and oxygen atoms in total. The maximum atomic E-state index is 13.3. The predicted octanol–water partition coefficient (Wildman–Crippen LogP) is 7.08. The molecule has 3 unspecified atom stereocenters. The molecule has 232 valence electrons. The minimum Gasteiger partial charge on any atom is -0.392 e. The molecule has 2 heterocycles. The lowest BCUT2D eigenvalue weighted by molar-refractivity contribution is -0.253. The van der Waals surface area contributed by atoms with E-state index < -0.39 is 6.29 Å². The van der Waals surface area contributed by atoms with Crippen LogP contribution in [0.3, 0.4) is 0 Å². The molecule has 8 rings (SSSR count). The van der Waals surface area contributed by atoms with Crippen LogP contribution >= 0.6 is 0 Å². The van der Waals surface area contributed by atoms with Crippen molar-refractivity contribution in [2.45, 2.75) is 108 Å². The van der Waals surface area contributed by atoms with Gasteiger partial charge in [-0.05, 0) is 105 Å². The normalized spacial score (nSPS) is 34.3. The van der Waals surface area contributed by atoms with Gasteiger partial charge >= 0.3 is 6.03 Å². The maximum absolute atomic E-state index is 13.3. The Morgan fingerprint density at radius 2 is 1.51 bits per heavy atom. The Morgan fingerprint density at radius 3 is 2.19 bits per heavy atom. The van der Waals surface area contributed by atoms with Crippen molar-refractivity contribution in [3.8, 4) is 0 Å². The number of rotatable bonds is 7. The summed E-state index contributed by atoms with van der Waals surface area (Å²) in [6.45, 7) is 3.18. The average Bonchev–Trinajstić information content (AvgIpc) is 2.97. The first-order valence-electron chi connectivity index (χ1n) is 16.9. The molecule has 4 aliphatic carbocycles. The third kappa shape index (κ3) is 6.95. The fourth-order valence-electron chi connectivity index (χ4n) is 9.25. The number of nitrogens with zero attached hydrogens (tertiary/aromatic N) is 1. The summed E-state index contributed by atoms with van der Waals surface area (Å²) in [7, 11) is 0. The summed E-state index contributed by atoms with van der Waals surface area (Å²) in [6.07, 6.45) is 14.1. The van der Waals surface area contributed by atoms with Crippen molar-refractivity contribution in [1.82, 2.24) is 10.2 Å². The van der Waals surface area contributed by atoms with Crippen LogP contribution in [0.2, 0.25) is 0 Å². The van der Waals surface area contributed by atoms with Crippen LogP contribution in [0.5, 0.6) is 0 Å². The Balaban J connectivity index is 1.05. The molecule has 4 bridgehead atoms. The van der Waals surface area contributed by atoms with E-state index in [1.807, 2.05) is 36.4 Å². The number of aliphatic hydroxyl groups excluding tert-OH is 1. The molecule has 2 amide bonds. The number of aliphatic hydroxyl groups is 1. The number of hydrogen-bond acceptors (Lipinski definition) is 5. The predicted molar refractivity (Wildman–Crippen MR) is 167 cm³/mol. The van der Waals surface area contributed by atoms with E-state index in [9.17, 15) is 9.90 Å². The Labute approximate surface area is 256 Å². The van der Waals surface area contributed by atoms with Crippen molar-refractivity contribution >= 4 is 11.7 Å². The Morgan fingerprint density at radius 1 is 0.837 bits per heavy atom. The SMILES string of the molecule is O=C(Nc1cccc(C2OC(CN3CCCCCCC3)CC(c3ccc(CO)cc3)O2)c1)NC12CC3CC(CC(C3)C1)C2. The molecule has 0 spiro atoms. The molecule has 4 saturated carbocycles. The molecule has 6 fully saturated rings. The van der Waals surface area contributed by atoms with Crippen LogP contribution in [0.4, 0.5) is 10.5 Å². The van der Waals surface area contributed by atoms with Gasteiger partial charge in [-0.3, -0.25) is 0 Å². The molecule has 2 saturated heterocycles. The molecule has 2 aromatic rings. The highest BCUT2D eigenvalue weighted by atomic mass is 16.7. The Bertz CT molecular complexity index is 1210. The second kappa shape index (κ2) is 12.9. The van der Waals surface area contributed by atoms with Gasteiger partial charge in [0.1, 0.15) is 0 Å². The maximum Gasteiger partial charge on any atom is 0.319 e. The van der Waals surface area contributed by atoms with E-state index >= 15 is 0 Å². The minimum absolute atomic E-state index is 0.0234. The number of amides is 2. The van der Waals surface area contributed by atoms with Crippen LogP contribution in [0.15, 0.2) is 48.5 Å². The van der Waals surface area contributed by atoms with E-state index in [-0.39, 0.29) is 30.4 Å². The van der Waals surface area contributed by atoms with Crippen molar-refractivity contribution in [3.63, 3.8) is 0 Å². The lowest BCUT2D eigenvalue weighted by Crippen LogP contribution is -2.60. The molecule has 3 N–H and O–H groups in total. The van der Waals surface area contributed by atoms with Crippen molar-refractivity contribution in [2.24, 2.45) is 17.8 Å². The van der Waals surface area contributed by atoms with E-state index in [0.29, 0.717) is 0 Å². The largest absolute Gasteiger partial charge is 0.392 e. The van der Waals surface area contributed by atoms with Gasteiger partial charge in [0.2, 0.25) is 0 Å². The summed E-state index contributed by atoms with van der Waals surface area (Å²) in [5, 5.41) is 16.1. The highest BCUT2D eigenvalue weighted by Crippen LogP contribution is 2.55. The summed E-state index contributed by atoms with van der Waals surface area (Å²) in [4.78, 5) is 15.9. The number of hydrogen-bond donors (Lipinski definition) is 3. The van der Waals surface area contributed by atoms with E-state index in [1.54, 1.807) is 0 Å². The van der Waals surface area contributed by atoms with E-state index in [1.165, 1.54) is 51.4 Å². The van der Waals surface area contributed by atoms with Gasteiger partial charge < -0.3 is 30.1 Å². The lowest BCUT2D eigenvalue weighted by Gasteiger charge is -2.56. The lowest BCUT2D eigenvalue weighted by atomic mass is 9.53. The number of benzene rings is 2. The smallest absolute Gasteiger partial charge is 0.319 e. The third-order valence-electron chi connectivity index (χ3n) is 10.9. The molecular weight excluding hydrogens is 538 g/mol. The Hall–Kier alpha value is -2.45. The molecule has 0 aromatic heterocycles. The highest BCUT2D eigenvalue weighted by Gasteiger charge is 2.51. The molecular formula is C36H49N3O4. The molecule has 0 radical (unpaired) electrons. The monoisotopic (exact) mass is 587 g/mol. The molecule has 6 aliphatic rings. The van der Waals surface area contributed by atoms with Crippen LogP contribution in [-0.2, 0) is 16.1 Å². The average molecular weight is 588 g/mol. The molecule has 7 heteroatoms. The van der Waals surface area contributed by atoms with Crippen LogP contribution in [0.1, 0.15) is 106 Å². The number of urea groups is 1. The number of nitrogens with one attached hydrogen (secondary N) is 2. The van der Waals surface area contributed by atoms with E-state index in [0.717, 1.165) is 85.4 Å². The highest BCUT2D eigenvalue weighted by molar-refractivity contribution is 5.89. The van der Waals surface area contributed by atoms with E-state index in [4.69, 9.17) is 9.47 Å². The van der Waals surface area contributed by atoms with Gasteiger partial charge in [0.15, 0.2) is 6.29 Å². The van der Waals surface area contributed by atoms with Gasteiger partial charge in [-0.15, -0.1) is 0 Å². The summed E-state index contributed by atoms with van der Waals surface area (Å²) < 4.78 is 13.3. The quantitative estimate of drug-likeness (QED) is 0.322. The van der Waals surface area contributed by atoms with E-state index in [2.05, 4.69) is 27.7 Å². The third-order valence-corrected chi connectivity index (χ3v) is 10.9. The molecule has 2 aliphatic heterocycles. The van der Waals surface area contributed by atoms with Gasteiger partial charge in [-0.1, -0.05) is 55.7 Å². The first kappa shape index (κ1) is 29.3. The number of anilines is 1. The topological polar surface area (TPSA) is 83.1 Å². The van der Waals surface area contributed by atoms with Crippen LogP contribution in [0, 0.1) is 17.8 Å². The van der Waals surface area contributed by atoms with Crippen molar-refractivity contribution < 1.29 is 19.4 Å². The van der Waals surface area contributed by atoms with Gasteiger partial charge in [0.05, 0.1) is 18.8 Å². The number of likely N-dealkylation sites (tertiary alicyclic amines) is 1. The van der Waals surface area contributed by atoms with Gasteiger partial charge in [0.25, 0.3) is 0 Å². The number of carbonyl (C=O) groups is 1. The fraction of sp³-hybridized carbons (Fsp3) is 0.639. The summed E-state index contributed by atoms with van der Waals surface area (Å²) >= 11 is 0. The molecule has 3 atom stereocenters. The molecule has 2 aromatic carbocycles. The first-order valence-corrected chi connectivity index (χ1v) is 16.9. The van der Waals surface area contributed by atoms with Crippen molar-refractivity contribution in [2.75, 3.05) is 25.0 Å². The Kier molecular flexibility index (Phi) is 8.77. The zero-order valence-electron chi connectivity index (χ0n) is 25.5. The summed E-state index contributed by atoms with van der Waals surface area (Å²) in [6, 6.07) is 16.0. The van der Waals surface area contributed by atoms with Crippen LogP contribution in [0.25, 0.3) is 0 Å². The summed E-state index contributed by atoms with van der Waals surface area (Å²) in [5.74, 6) is 2.36. The minimum atomic E-state index is -0.524. The van der Waals surface area contributed by atoms with Gasteiger partial charge in [0, 0.05) is 29.8 Å². The first-order chi connectivity index (χ1) is 21.0. The number of carbonyl (C=O) groups excluding carboxylic acids is 1. The standard InChI is InChI=1S/C36H49N3O4/c40-24-25-9-11-29(12-10-25)33-19-32(23-39-13-4-2-1-3-5-14-39)42-34(43-33)30-7-6-8-31(18-30)37-35(41)38-36-20-26-15-27(21-36)17-28(16-26)22-36/h6-12,18,26-28,32-34,40H,1-5,13-17,19-24H2,(H2,37,38,41). The fourth-order valence-corrected chi connectivity index (χ4v) is 9.25. The van der Waals surface area contributed by atoms with Crippen molar-refractivity contribution in [1.29, 1.82) is 0 Å². The van der Waals surface area contributed by atoms with Gasteiger partial charge in [-0.25, -0.2) is 4.79 Å². The molecule has 43 heavy (non-hydrogen) atoms.